The summed E-state index contributed by atoms with van der Waals surface area (Å²) < 4.78 is 0. The predicted molar refractivity (Wildman–Crippen MR) is 83.4 cm³/mol. The molecular weight excluding hydrogens is 222 g/mol. The standard InChI is InChI=1S/C15H33NSi/c1-6-9-11-16(12-10-7-2)13-15-17(4,5)14-8-3/h8,14H,6-7,9-13,15H2,1-5H3/b14-8-. The smallest absolute Gasteiger partial charge is 0.0725 e. The van der Waals surface area contributed by atoms with E-state index in [1.807, 2.05) is 0 Å². The number of nitrogens with zero attached hydrogens (tertiary/aromatic N) is 1. The van der Waals surface area contributed by atoms with Crippen LogP contribution in [0.3, 0.4) is 0 Å². The first-order chi connectivity index (χ1) is 8.05. The molecule has 0 saturated heterocycles. The number of rotatable bonds is 10. The first-order valence-corrected chi connectivity index (χ1v) is 10.7. The van der Waals surface area contributed by atoms with E-state index in [4.69, 9.17) is 0 Å². The minimum atomic E-state index is -1.07. The Labute approximate surface area is 110 Å². The molecule has 0 saturated carbocycles. The SMILES string of the molecule is C/C=C\[Si](C)(C)CCN(CCCC)CCCC. The topological polar surface area (TPSA) is 3.24 Å². The fourth-order valence-corrected chi connectivity index (χ4v) is 4.04. The lowest BCUT2D eigenvalue weighted by atomic mass is 10.2. The molecule has 17 heavy (non-hydrogen) atoms. The van der Waals surface area contributed by atoms with Crippen LogP contribution in [-0.2, 0) is 0 Å². The Kier molecular flexibility index (Phi) is 9.85. The van der Waals surface area contributed by atoms with Crippen molar-refractivity contribution >= 4 is 8.07 Å². The van der Waals surface area contributed by atoms with Crippen molar-refractivity contribution in [1.82, 2.24) is 4.90 Å². The van der Waals surface area contributed by atoms with Crippen molar-refractivity contribution in [2.45, 2.75) is 65.6 Å². The molecule has 0 atom stereocenters. The molecule has 0 aromatic heterocycles. The van der Waals surface area contributed by atoms with Crippen molar-refractivity contribution in [2.24, 2.45) is 0 Å². The molecule has 0 aliphatic heterocycles. The normalized spacial score (nSPS) is 12.8. The zero-order valence-corrected chi connectivity index (χ0v) is 13.8. The lowest BCUT2D eigenvalue weighted by Gasteiger charge is -2.26. The Bertz CT molecular complexity index is 191. The van der Waals surface area contributed by atoms with E-state index in [9.17, 15) is 0 Å². The molecule has 0 radical (unpaired) electrons. The zero-order chi connectivity index (χ0) is 13.1. The largest absolute Gasteiger partial charge is 0.304 e. The second kappa shape index (κ2) is 9.90. The summed E-state index contributed by atoms with van der Waals surface area (Å²) >= 11 is 0. The Hall–Kier alpha value is -0.0831. The minimum absolute atomic E-state index is 1.07. The van der Waals surface area contributed by atoms with Crippen molar-refractivity contribution in [1.29, 1.82) is 0 Å². The van der Waals surface area contributed by atoms with Gasteiger partial charge in [-0.3, -0.25) is 0 Å². The van der Waals surface area contributed by atoms with Crippen LogP contribution >= 0.6 is 0 Å². The number of hydrogen-bond acceptors (Lipinski definition) is 1. The molecule has 0 N–H and O–H groups in total. The maximum Gasteiger partial charge on any atom is 0.0725 e. The maximum atomic E-state index is 2.69. The van der Waals surface area contributed by atoms with Crippen molar-refractivity contribution in [3.05, 3.63) is 11.8 Å². The Balaban J connectivity index is 4.04. The van der Waals surface area contributed by atoms with Crippen LogP contribution in [0.1, 0.15) is 46.5 Å². The number of hydrogen-bond donors (Lipinski definition) is 0. The van der Waals surface area contributed by atoms with Crippen LogP contribution in [0.5, 0.6) is 0 Å². The van der Waals surface area contributed by atoms with Crippen LogP contribution < -0.4 is 0 Å². The quantitative estimate of drug-likeness (QED) is 0.511. The van der Waals surface area contributed by atoms with Crippen LogP contribution in [0, 0.1) is 0 Å². The summed E-state index contributed by atoms with van der Waals surface area (Å²) in [5, 5.41) is 0. The fourth-order valence-electron chi connectivity index (χ4n) is 2.08. The fraction of sp³-hybridized carbons (Fsp3) is 0.867. The third-order valence-electron chi connectivity index (χ3n) is 3.35. The molecule has 0 amide bonds. The lowest BCUT2D eigenvalue weighted by molar-refractivity contribution is 0.278. The van der Waals surface area contributed by atoms with Crippen molar-refractivity contribution in [3.8, 4) is 0 Å². The van der Waals surface area contributed by atoms with E-state index in [0.717, 1.165) is 0 Å². The van der Waals surface area contributed by atoms with Gasteiger partial charge in [0, 0.05) is 0 Å². The first kappa shape index (κ1) is 16.9. The molecule has 0 aliphatic carbocycles. The molecular formula is C15H33NSi. The summed E-state index contributed by atoms with van der Waals surface area (Å²) in [5.41, 5.74) is 2.48. The average molecular weight is 256 g/mol. The van der Waals surface area contributed by atoms with E-state index >= 15 is 0 Å². The lowest BCUT2D eigenvalue weighted by Crippen LogP contribution is -2.33. The van der Waals surface area contributed by atoms with Gasteiger partial charge in [0.05, 0.1) is 8.07 Å². The van der Waals surface area contributed by atoms with Gasteiger partial charge in [-0.25, -0.2) is 0 Å². The van der Waals surface area contributed by atoms with Gasteiger partial charge in [-0.15, -0.1) is 0 Å². The Morgan fingerprint density at radius 1 is 0.941 bits per heavy atom. The highest BCUT2D eigenvalue weighted by molar-refractivity contribution is 6.82. The summed E-state index contributed by atoms with van der Waals surface area (Å²) in [6.45, 7) is 15.6. The summed E-state index contributed by atoms with van der Waals surface area (Å²) in [6, 6.07) is 1.41. The van der Waals surface area contributed by atoms with Gasteiger partial charge in [-0.2, -0.15) is 0 Å². The minimum Gasteiger partial charge on any atom is -0.304 e. The van der Waals surface area contributed by atoms with Crippen LogP contribution in [0.4, 0.5) is 0 Å². The molecule has 1 nitrogen and oxygen atoms in total. The van der Waals surface area contributed by atoms with Crippen LogP contribution in [0.25, 0.3) is 0 Å². The highest BCUT2D eigenvalue weighted by Gasteiger charge is 2.17. The average Bonchev–Trinajstić information content (AvgIpc) is 2.28. The second-order valence-corrected chi connectivity index (χ2v) is 10.6. The maximum absolute atomic E-state index is 2.69. The number of unbranched alkanes of at least 4 members (excludes halogenated alkanes) is 2. The highest BCUT2D eigenvalue weighted by atomic mass is 28.3. The molecule has 2 heteroatoms. The van der Waals surface area contributed by atoms with Crippen molar-refractivity contribution < 1.29 is 0 Å². The van der Waals surface area contributed by atoms with Gasteiger partial charge in [-0.05, 0) is 45.4 Å². The van der Waals surface area contributed by atoms with E-state index in [2.05, 4.69) is 50.5 Å². The molecule has 0 bridgehead atoms. The number of allylic oxidation sites excluding steroid dienone is 1. The molecule has 0 aliphatic rings. The summed E-state index contributed by atoms with van der Waals surface area (Å²) in [5.74, 6) is 0. The van der Waals surface area contributed by atoms with Gasteiger partial charge in [0.25, 0.3) is 0 Å². The molecule has 0 rings (SSSR count). The van der Waals surface area contributed by atoms with Crippen molar-refractivity contribution in [3.63, 3.8) is 0 Å². The molecule has 0 fully saturated rings. The first-order valence-electron chi connectivity index (χ1n) is 7.42. The summed E-state index contributed by atoms with van der Waals surface area (Å²) in [7, 11) is -1.07. The Morgan fingerprint density at radius 3 is 1.88 bits per heavy atom. The summed E-state index contributed by atoms with van der Waals surface area (Å²) in [6.07, 6.45) is 7.59. The highest BCUT2D eigenvalue weighted by Crippen LogP contribution is 2.13. The van der Waals surface area contributed by atoms with Crippen LogP contribution in [-0.4, -0.2) is 32.6 Å². The van der Waals surface area contributed by atoms with Gasteiger partial charge in [0.1, 0.15) is 0 Å². The molecule has 0 aromatic rings. The molecule has 102 valence electrons. The molecule has 0 aromatic carbocycles. The van der Waals surface area contributed by atoms with Gasteiger partial charge in [0.2, 0.25) is 0 Å². The van der Waals surface area contributed by atoms with Crippen molar-refractivity contribution in [2.75, 3.05) is 19.6 Å². The molecule has 0 heterocycles. The van der Waals surface area contributed by atoms with Gasteiger partial charge in [-0.1, -0.05) is 51.6 Å². The van der Waals surface area contributed by atoms with Gasteiger partial charge in [0.15, 0.2) is 0 Å². The third-order valence-corrected chi connectivity index (χ3v) is 6.09. The second-order valence-electron chi connectivity index (χ2n) is 5.79. The van der Waals surface area contributed by atoms with E-state index in [1.54, 1.807) is 0 Å². The summed E-state index contributed by atoms with van der Waals surface area (Å²) in [4.78, 5) is 2.69. The van der Waals surface area contributed by atoms with Gasteiger partial charge >= 0.3 is 0 Å². The monoisotopic (exact) mass is 255 g/mol. The van der Waals surface area contributed by atoms with E-state index in [0.29, 0.717) is 0 Å². The van der Waals surface area contributed by atoms with E-state index in [-0.39, 0.29) is 0 Å². The molecule has 0 unspecified atom stereocenters. The van der Waals surface area contributed by atoms with Crippen LogP contribution in [0.15, 0.2) is 11.8 Å². The third kappa shape index (κ3) is 9.60. The predicted octanol–water partition coefficient (Wildman–Crippen LogP) is 4.71. The molecule has 0 spiro atoms. The van der Waals surface area contributed by atoms with Crippen LogP contribution in [0.2, 0.25) is 19.1 Å². The van der Waals surface area contributed by atoms with E-state index in [1.165, 1.54) is 51.4 Å². The van der Waals surface area contributed by atoms with E-state index < -0.39 is 8.07 Å². The zero-order valence-electron chi connectivity index (χ0n) is 12.8. The van der Waals surface area contributed by atoms with Gasteiger partial charge < -0.3 is 4.90 Å². The Morgan fingerprint density at radius 2 is 1.47 bits per heavy atom.